The molecule has 2 heteroatoms. The zero-order valence-corrected chi connectivity index (χ0v) is 12.4. The van der Waals surface area contributed by atoms with Crippen LogP contribution in [0.4, 0.5) is 0 Å². The van der Waals surface area contributed by atoms with Crippen LogP contribution in [0, 0.1) is 6.92 Å². The maximum absolute atomic E-state index is 6.06. The van der Waals surface area contributed by atoms with Crippen molar-refractivity contribution in [3.63, 3.8) is 0 Å². The second-order valence-electron chi connectivity index (χ2n) is 4.71. The van der Waals surface area contributed by atoms with E-state index < -0.39 is 5.79 Å². The summed E-state index contributed by atoms with van der Waals surface area (Å²) >= 11 is 0. The molecule has 106 valence electrons. The summed E-state index contributed by atoms with van der Waals surface area (Å²) in [5, 5.41) is 0. The molecular formula is C18H22O2. The van der Waals surface area contributed by atoms with Crippen molar-refractivity contribution in [2.24, 2.45) is 0 Å². The average Bonchev–Trinajstić information content (AvgIpc) is 2.48. The van der Waals surface area contributed by atoms with Crippen molar-refractivity contribution in [3.05, 3.63) is 71.3 Å². The highest BCUT2D eigenvalue weighted by molar-refractivity contribution is 5.35. The van der Waals surface area contributed by atoms with Gasteiger partial charge in [-0.1, -0.05) is 60.2 Å². The van der Waals surface area contributed by atoms with E-state index in [1.165, 1.54) is 5.56 Å². The molecule has 2 rings (SSSR count). The standard InChI is InChI=1S/C18H22O2/c1-4-19-18(20-5-2,16-9-7-6-8-10-16)17-13-11-15(3)12-14-17/h6-14H,4-5H2,1-3H3. The molecule has 0 spiro atoms. The summed E-state index contributed by atoms with van der Waals surface area (Å²) in [6.45, 7) is 7.23. The Morgan fingerprint density at radius 2 is 1.25 bits per heavy atom. The fourth-order valence-corrected chi connectivity index (χ4v) is 2.38. The molecule has 0 aliphatic carbocycles. The minimum Gasteiger partial charge on any atom is -0.342 e. The third-order valence-electron chi connectivity index (χ3n) is 3.28. The summed E-state index contributed by atoms with van der Waals surface area (Å²) < 4.78 is 12.1. The second-order valence-corrected chi connectivity index (χ2v) is 4.71. The average molecular weight is 270 g/mol. The van der Waals surface area contributed by atoms with Crippen LogP contribution in [0.25, 0.3) is 0 Å². The summed E-state index contributed by atoms with van der Waals surface area (Å²) in [4.78, 5) is 0. The lowest BCUT2D eigenvalue weighted by molar-refractivity contribution is -0.213. The lowest BCUT2D eigenvalue weighted by atomic mass is 9.96. The van der Waals surface area contributed by atoms with Crippen LogP contribution < -0.4 is 0 Å². The summed E-state index contributed by atoms with van der Waals surface area (Å²) in [6.07, 6.45) is 0. The van der Waals surface area contributed by atoms with Gasteiger partial charge in [-0.25, -0.2) is 0 Å². The van der Waals surface area contributed by atoms with Gasteiger partial charge in [0, 0.05) is 24.3 Å². The van der Waals surface area contributed by atoms with Crippen LogP contribution in [-0.4, -0.2) is 13.2 Å². The van der Waals surface area contributed by atoms with Crippen LogP contribution in [0.3, 0.4) is 0 Å². The van der Waals surface area contributed by atoms with Gasteiger partial charge in [0.25, 0.3) is 0 Å². The van der Waals surface area contributed by atoms with Crippen LogP contribution in [0.5, 0.6) is 0 Å². The lowest BCUT2D eigenvalue weighted by Crippen LogP contribution is -2.34. The first-order chi connectivity index (χ1) is 9.73. The van der Waals surface area contributed by atoms with Gasteiger partial charge < -0.3 is 9.47 Å². The van der Waals surface area contributed by atoms with Crippen LogP contribution in [0.2, 0.25) is 0 Å². The normalized spacial score (nSPS) is 11.6. The van der Waals surface area contributed by atoms with E-state index >= 15 is 0 Å². The van der Waals surface area contributed by atoms with Gasteiger partial charge in [-0.15, -0.1) is 0 Å². The van der Waals surface area contributed by atoms with Crippen molar-refractivity contribution in [1.82, 2.24) is 0 Å². The van der Waals surface area contributed by atoms with Crippen LogP contribution in [0.15, 0.2) is 54.6 Å². The number of rotatable bonds is 6. The number of aryl methyl sites for hydroxylation is 1. The zero-order chi connectivity index (χ0) is 14.4. The molecule has 0 fully saturated rings. The molecule has 2 aromatic rings. The highest BCUT2D eigenvalue weighted by Crippen LogP contribution is 2.35. The number of hydrogen-bond acceptors (Lipinski definition) is 2. The van der Waals surface area contributed by atoms with Crippen molar-refractivity contribution >= 4 is 0 Å². The predicted octanol–water partition coefficient (Wildman–Crippen LogP) is 4.27. The molecule has 0 atom stereocenters. The Bertz CT molecular complexity index is 511. The quantitative estimate of drug-likeness (QED) is 0.730. The molecule has 20 heavy (non-hydrogen) atoms. The summed E-state index contributed by atoms with van der Waals surface area (Å²) in [5.74, 6) is -0.821. The Balaban J connectivity index is 2.54. The molecule has 0 amide bonds. The third kappa shape index (κ3) is 2.92. The Hall–Kier alpha value is -1.64. The van der Waals surface area contributed by atoms with Crippen molar-refractivity contribution in [2.45, 2.75) is 26.6 Å². The van der Waals surface area contributed by atoms with Crippen LogP contribution in [-0.2, 0) is 15.3 Å². The van der Waals surface area contributed by atoms with E-state index in [4.69, 9.17) is 9.47 Å². The number of hydrogen-bond donors (Lipinski definition) is 0. The van der Waals surface area contributed by atoms with Crippen molar-refractivity contribution in [1.29, 1.82) is 0 Å². The molecule has 0 saturated carbocycles. The first-order valence-corrected chi connectivity index (χ1v) is 7.13. The molecule has 0 saturated heterocycles. The number of ether oxygens (including phenoxy) is 2. The van der Waals surface area contributed by atoms with E-state index in [0.717, 1.165) is 11.1 Å². The first kappa shape index (κ1) is 14.8. The van der Waals surface area contributed by atoms with Gasteiger partial charge >= 0.3 is 0 Å². The van der Waals surface area contributed by atoms with Crippen molar-refractivity contribution in [3.8, 4) is 0 Å². The van der Waals surface area contributed by atoms with Gasteiger partial charge in [-0.3, -0.25) is 0 Å². The van der Waals surface area contributed by atoms with Crippen LogP contribution in [0.1, 0.15) is 30.5 Å². The zero-order valence-electron chi connectivity index (χ0n) is 12.4. The van der Waals surface area contributed by atoms with Gasteiger partial charge in [0.2, 0.25) is 5.79 Å². The minimum absolute atomic E-state index is 0.586. The monoisotopic (exact) mass is 270 g/mol. The Labute approximate surface area is 121 Å². The van der Waals surface area contributed by atoms with Gasteiger partial charge in [0.15, 0.2) is 0 Å². The molecule has 0 bridgehead atoms. The van der Waals surface area contributed by atoms with Crippen molar-refractivity contribution < 1.29 is 9.47 Å². The van der Waals surface area contributed by atoms with E-state index in [9.17, 15) is 0 Å². The Morgan fingerprint density at radius 3 is 1.75 bits per heavy atom. The molecular weight excluding hydrogens is 248 g/mol. The van der Waals surface area contributed by atoms with Crippen LogP contribution >= 0.6 is 0 Å². The van der Waals surface area contributed by atoms with Gasteiger partial charge in [0.05, 0.1) is 0 Å². The third-order valence-corrected chi connectivity index (χ3v) is 3.28. The molecule has 2 aromatic carbocycles. The van der Waals surface area contributed by atoms with E-state index in [-0.39, 0.29) is 0 Å². The summed E-state index contributed by atoms with van der Waals surface area (Å²) in [7, 11) is 0. The van der Waals surface area contributed by atoms with Gasteiger partial charge in [0.1, 0.15) is 0 Å². The maximum atomic E-state index is 6.06. The van der Waals surface area contributed by atoms with E-state index in [1.807, 2.05) is 44.2 Å². The maximum Gasteiger partial charge on any atom is 0.222 e. The largest absolute Gasteiger partial charge is 0.342 e. The lowest BCUT2D eigenvalue weighted by Gasteiger charge is -2.34. The Morgan fingerprint density at radius 1 is 0.750 bits per heavy atom. The van der Waals surface area contributed by atoms with Gasteiger partial charge in [-0.2, -0.15) is 0 Å². The van der Waals surface area contributed by atoms with E-state index in [2.05, 4.69) is 31.2 Å². The summed E-state index contributed by atoms with van der Waals surface area (Å²) in [5.41, 5.74) is 3.27. The minimum atomic E-state index is -0.821. The molecule has 2 nitrogen and oxygen atoms in total. The highest BCUT2D eigenvalue weighted by Gasteiger charge is 2.35. The van der Waals surface area contributed by atoms with E-state index in [1.54, 1.807) is 0 Å². The first-order valence-electron chi connectivity index (χ1n) is 7.13. The molecule has 0 unspecified atom stereocenters. The van der Waals surface area contributed by atoms with E-state index in [0.29, 0.717) is 13.2 Å². The molecule has 0 aromatic heterocycles. The SMILES string of the molecule is CCOC(OCC)(c1ccccc1)c1ccc(C)cc1. The smallest absolute Gasteiger partial charge is 0.222 e. The molecule has 0 aliphatic rings. The fraction of sp³-hybridized carbons (Fsp3) is 0.333. The Kier molecular flexibility index (Phi) is 4.94. The highest BCUT2D eigenvalue weighted by atomic mass is 16.7. The predicted molar refractivity (Wildman–Crippen MR) is 81.7 cm³/mol. The van der Waals surface area contributed by atoms with Gasteiger partial charge in [-0.05, 0) is 20.8 Å². The topological polar surface area (TPSA) is 18.5 Å². The molecule has 0 aliphatic heterocycles. The molecule has 0 heterocycles. The molecule has 0 N–H and O–H groups in total. The number of benzene rings is 2. The van der Waals surface area contributed by atoms with Crippen molar-refractivity contribution in [2.75, 3.05) is 13.2 Å². The second kappa shape index (κ2) is 6.69. The summed E-state index contributed by atoms with van der Waals surface area (Å²) in [6, 6.07) is 18.4. The fourth-order valence-electron chi connectivity index (χ4n) is 2.38. The molecule has 0 radical (unpaired) electrons.